The molecule has 0 aliphatic carbocycles. The second-order valence-corrected chi connectivity index (χ2v) is 9.42. The van der Waals surface area contributed by atoms with Crippen LogP contribution in [0.2, 0.25) is 0 Å². The van der Waals surface area contributed by atoms with Crippen LogP contribution in [0.15, 0.2) is 42.5 Å². The van der Waals surface area contributed by atoms with Gasteiger partial charge in [-0.25, -0.2) is 4.98 Å². The van der Waals surface area contributed by atoms with Gasteiger partial charge in [0.1, 0.15) is 5.01 Å². The molecule has 1 unspecified atom stereocenters. The lowest BCUT2D eigenvalue weighted by atomic mass is 10.0. The SMILES string of the molecule is CCCC(=O)NC(C(=O)NCC)c1nc2ccc(-c3ccc(C(=O)N4CCOCC4)cc3)cc2s1. The third-order valence-electron chi connectivity index (χ3n) is 5.81. The fourth-order valence-electron chi connectivity index (χ4n) is 3.98. The molecule has 9 heteroatoms. The lowest BCUT2D eigenvalue weighted by molar-refractivity contribution is -0.129. The van der Waals surface area contributed by atoms with Gasteiger partial charge in [-0.2, -0.15) is 0 Å². The molecule has 1 aliphatic rings. The van der Waals surface area contributed by atoms with Crippen LogP contribution in [0, 0.1) is 0 Å². The van der Waals surface area contributed by atoms with Crippen molar-refractivity contribution in [3.63, 3.8) is 0 Å². The van der Waals surface area contributed by atoms with E-state index in [-0.39, 0.29) is 17.7 Å². The van der Waals surface area contributed by atoms with E-state index >= 15 is 0 Å². The zero-order chi connectivity index (χ0) is 24.8. The number of hydrogen-bond donors (Lipinski definition) is 2. The molecule has 2 N–H and O–H groups in total. The molecule has 1 aliphatic heterocycles. The van der Waals surface area contributed by atoms with Crippen LogP contribution in [0.3, 0.4) is 0 Å². The quantitative estimate of drug-likeness (QED) is 0.499. The molecule has 4 rings (SSSR count). The predicted octanol–water partition coefficient (Wildman–Crippen LogP) is 3.53. The second kappa shape index (κ2) is 11.4. The number of rotatable bonds is 8. The average molecular weight is 495 g/mol. The smallest absolute Gasteiger partial charge is 0.254 e. The van der Waals surface area contributed by atoms with Crippen LogP contribution in [0.1, 0.15) is 48.1 Å². The summed E-state index contributed by atoms with van der Waals surface area (Å²) in [5, 5.41) is 6.16. The van der Waals surface area contributed by atoms with Gasteiger partial charge >= 0.3 is 0 Å². The van der Waals surface area contributed by atoms with Gasteiger partial charge in [-0.05, 0) is 48.7 Å². The minimum Gasteiger partial charge on any atom is -0.378 e. The van der Waals surface area contributed by atoms with E-state index in [1.807, 2.05) is 61.2 Å². The number of carbonyl (C=O) groups is 3. The molecular formula is C26H30N4O4S. The standard InChI is InChI=1S/C26H30N4O4S/c1-3-5-22(31)29-23(24(32)27-4-2)25-28-20-11-10-19(16-21(20)35-25)17-6-8-18(9-7-17)26(33)30-12-14-34-15-13-30/h6-11,16,23H,3-5,12-15H2,1-2H3,(H,27,32)(H,29,31). The number of ether oxygens (including phenoxy) is 1. The molecule has 35 heavy (non-hydrogen) atoms. The number of carbonyl (C=O) groups excluding carboxylic acids is 3. The molecule has 184 valence electrons. The van der Waals surface area contributed by atoms with Crippen molar-refractivity contribution in [2.45, 2.75) is 32.7 Å². The Morgan fingerprint density at radius 1 is 1.06 bits per heavy atom. The van der Waals surface area contributed by atoms with Gasteiger partial charge in [0.2, 0.25) is 11.8 Å². The molecular weight excluding hydrogens is 464 g/mol. The van der Waals surface area contributed by atoms with Gasteiger partial charge in [-0.15, -0.1) is 11.3 Å². The third-order valence-corrected chi connectivity index (χ3v) is 6.89. The van der Waals surface area contributed by atoms with Crippen LogP contribution < -0.4 is 10.6 Å². The van der Waals surface area contributed by atoms with Gasteiger partial charge in [0, 0.05) is 31.6 Å². The van der Waals surface area contributed by atoms with E-state index in [0.717, 1.165) is 21.3 Å². The van der Waals surface area contributed by atoms with Crippen LogP contribution in [0.25, 0.3) is 21.3 Å². The Balaban J connectivity index is 1.56. The number of nitrogens with zero attached hydrogens (tertiary/aromatic N) is 2. The van der Waals surface area contributed by atoms with Crippen molar-refractivity contribution in [3.8, 4) is 11.1 Å². The number of likely N-dealkylation sites (N-methyl/N-ethyl adjacent to an activating group) is 1. The van der Waals surface area contributed by atoms with Crippen LogP contribution >= 0.6 is 11.3 Å². The maximum atomic E-state index is 12.7. The molecule has 0 bridgehead atoms. The fraction of sp³-hybridized carbons (Fsp3) is 0.385. The Bertz CT molecular complexity index is 1200. The van der Waals surface area contributed by atoms with E-state index in [1.54, 1.807) is 0 Å². The molecule has 3 aromatic rings. The van der Waals surface area contributed by atoms with Gasteiger partial charge in [0.15, 0.2) is 6.04 Å². The first-order valence-electron chi connectivity index (χ1n) is 11.9. The van der Waals surface area contributed by atoms with E-state index in [4.69, 9.17) is 4.74 Å². The number of amides is 3. The number of aromatic nitrogens is 1. The first-order chi connectivity index (χ1) is 17.0. The van der Waals surface area contributed by atoms with Crippen molar-refractivity contribution < 1.29 is 19.1 Å². The molecule has 1 fully saturated rings. The second-order valence-electron chi connectivity index (χ2n) is 8.36. The third kappa shape index (κ3) is 5.86. The number of fused-ring (bicyclic) bond motifs is 1. The van der Waals surface area contributed by atoms with Crippen LogP contribution in [0.4, 0.5) is 0 Å². The number of benzene rings is 2. The summed E-state index contributed by atoms with van der Waals surface area (Å²) >= 11 is 1.40. The van der Waals surface area contributed by atoms with E-state index in [0.29, 0.717) is 56.3 Å². The zero-order valence-electron chi connectivity index (χ0n) is 20.0. The molecule has 3 amide bonds. The minimum absolute atomic E-state index is 0.0175. The summed E-state index contributed by atoms with van der Waals surface area (Å²) in [6.45, 7) is 6.60. The van der Waals surface area contributed by atoms with Crippen molar-refractivity contribution >= 4 is 39.3 Å². The highest BCUT2D eigenvalue weighted by Crippen LogP contribution is 2.31. The van der Waals surface area contributed by atoms with E-state index in [2.05, 4.69) is 15.6 Å². The highest BCUT2D eigenvalue weighted by molar-refractivity contribution is 7.18. The summed E-state index contributed by atoms with van der Waals surface area (Å²) in [4.78, 5) is 44.0. The molecule has 8 nitrogen and oxygen atoms in total. The van der Waals surface area contributed by atoms with Gasteiger partial charge in [-0.3, -0.25) is 14.4 Å². The van der Waals surface area contributed by atoms with Gasteiger partial charge < -0.3 is 20.3 Å². The number of nitrogens with one attached hydrogen (secondary N) is 2. The molecule has 1 saturated heterocycles. The van der Waals surface area contributed by atoms with Crippen LogP contribution in [-0.2, 0) is 14.3 Å². The van der Waals surface area contributed by atoms with Gasteiger partial charge in [-0.1, -0.05) is 25.1 Å². The largest absolute Gasteiger partial charge is 0.378 e. The first-order valence-corrected chi connectivity index (χ1v) is 12.8. The molecule has 0 saturated carbocycles. The van der Waals surface area contributed by atoms with Crippen molar-refractivity contribution in [2.24, 2.45) is 0 Å². The summed E-state index contributed by atoms with van der Waals surface area (Å²) in [6, 6.07) is 12.7. The average Bonchev–Trinajstić information content (AvgIpc) is 3.31. The Morgan fingerprint density at radius 3 is 2.46 bits per heavy atom. The summed E-state index contributed by atoms with van der Waals surface area (Å²) in [7, 11) is 0. The fourth-order valence-corrected chi connectivity index (χ4v) is 5.03. The summed E-state index contributed by atoms with van der Waals surface area (Å²) < 4.78 is 6.25. The number of hydrogen-bond acceptors (Lipinski definition) is 6. The lowest BCUT2D eigenvalue weighted by Crippen LogP contribution is -2.40. The normalized spacial score (nSPS) is 14.5. The van der Waals surface area contributed by atoms with E-state index in [1.165, 1.54) is 11.3 Å². The van der Waals surface area contributed by atoms with Crippen molar-refractivity contribution in [3.05, 3.63) is 53.0 Å². The Hall–Kier alpha value is -3.30. The Kier molecular flexibility index (Phi) is 8.09. The van der Waals surface area contributed by atoms with Crippen molar-refractivity contribution in [1.82, 2.24) is 20.5 Å². The molecule has 0 radical (unpaired) electrons. The first kappa shape index (κ1) is 24.8. The molecule has 1 atom stereocenters. The number of morpholine rings is 1. The van der Waals surface area contributed by atoms with Crippen LogP contribution in [-0.4, -0.2) is 60.5 Å². The predicted molar refractivity (Wildman–Crippen MR) is 136 cm³/mol. The van der Waals surface area contributed by atoms with E-state index in [9.17, 15) is 14.4 Å². The van der Waals surface area contributed by atoms with Crippen molar-refractivity contribution in [1.29, 1.82) is 0 Å². The molecule has 0 spiro atoms. The topological polar surface area (TPSA) is 101 Å². The number of thiazole rings is 1. The van der Waals surface area contributed by atoms with Gasteiger partial charge in [0.25, 0.3) is 5.91 Å². The maximum absolute atomic E-state index is 12.7. The van der Waals surface area contributed by atoms with E-state index < -0.39 is 6.04 Å². The maximum Gasteiger partial charge on any atom is 0.254 e. The summed E-state index contributed by atoms with van der Waals surface area (Å²) in [6.07, 6.45) is 1.06. The Labute approximate surface area is 208 Å². The lowest BCUT2D eigenvalue weighted by Gasteiger charge is -2.26. The highest BCUT2D eigenvalue weighted by atomic mass is 32.1. The molecule has 1 aromatic heterocycles. The molecule has 2 heterocycles. The summed E-state index contributed by atoms with van der Waals surface area (Å²) in [5.41, 5.74) is 3.40. The minimum atomic E-state index is -0.819. The Morgan fingerprint density at radius 2 is 1.77 bits per heavy atom. The van der Waals surface area contributed by atoms with Crippen LogP contribution in [0.5, 0.6) is 0 Å². The van der Waals surface area contributed by atoms with Crippen molar-refractivity contribution in [2.75, 3.05) is 32.8 Å². The summed E-state index contributed by atoms with van der Waals surface area (Å²) in [5.74, 6) is -0.420. The zero-order valence-corrected chi connectivity index (χ0v) is 20.8. The monoisotopic (exact) mass is 494 g/mol. The van der Waals surface area contributed by atoms with Gasteiger partial charge in [0.05, 0.1) is 23.4 Å². The highest BCUT2D eigenvalue weighted by Gasteiger charge is 2.26. The molecule has 2 aromatic carbocycles.